The van der Waals surface area contributed by atoms with E-state index < -0.39 is 0 Å². The molecule has 0 saturated heterocycles. The fourth-order valence-electron chi connectivity index (χ4n) is 2.34. The minimum absolute atomic E-state index is 0.177. The van der Waals surface area contributed by atoms with E-state index >= 15 is 0 Å². The molecule has 0 spiro atoms. The van der Waals surface area contributed by atoms with E-state index in [1.165, 1.54) is 0 Å². The van der Waals surface area contributed by atoms with E-state index in [1.807, 2.05) is 25.2 Å². The van der Waals surface area contributed by atoms with E-state index in [0.717, 1.165) is 35.4 Å². The molecule has 2 heterocycles. The van der Waals surface area contributed by atoms with E-state index in [4.69, 9.17) is 0 Å². The largest absolute Gasteiger partial charge is 0.323 e. The van der Waals surface area contributed by atoms with E-state index in [-0.39, 0.29) is 11.7 Å². The Morgan fingerprint density at radius 3 is 2.90 bits per heavy atom. The monoisotopic (exact) mass is 286 g/mol. The van der Waals surface area contributed by atoms with Crippen molar-refractivity contribution in [1.29, 1.82) is 0 Å². The van der Waals surface area contributed by atoms with E-state index in [1.54, 1.807) is 11.0 Å². The average molecular weight is 286 g/mol. The van der Waals surface area contributed by atoms with Gasteiger partial charge in [0.15, 0.2) is 5.82 Å². The third-order valence-corrected chi connectivity index (χ3v) is 3.49. The lowest BCUT2D eigenvalue weighted by atomic mass is 10.1. The summed E-state index contributed by atoms with van der Waals surface area (Å²) in [5, 5.41) is 7.68. The maximum absolute atomic E-state index is 11.3. The highest BCUT2D eigenvalue weighted by molar-refractivity contribution is 5.75. The van der Waals surface area contributed by atoms with Gasteiger partial charge in [-0.15, -0.1) is 0 Å². The summed E-state index contributed by atoms with van der Waals surface area (Å²) in [6, 6.07) is 6.12. The van der Waals surface area contributed by atoms with Crippen LogP contribution in [-0.2, 0) is 13.5 Å². The summed E-state index contributed by atoms with van der Waals surface area (Å²) in [5.41, 5.74) is 2.61. The maximum atomic E-state index is 11.3. The van der Waals surface area contributed by atoms with Crippen molar-refractivity contribution in [3.05, 3.63) is 46.4 Å². The van der Waals surface area contributed by atoms with Gasteiger partial charge in [-0.25, -0.2) is 9.78 Å². The van der Waals surface area contributed by atoms with Crippen molar-refractivity contribution in [2.75, 3.05) is 6.54 Å². The molecule has 3 rings (SSSR count). The highest BCUT2D eigenvalue weighted by atomic mass is 16.1. The molecule has 1 unspecified atom stereocenters. The Morgan fingerprint density at radius 1 is 1.33 bits per heavy atom. The van der Waals surface area contributed by atoms with Crippen molar-refractivity contribution in [1.82, 2.24) is 30.0 Å². The topological polar surface area (TPSA) is 91.4 Å². The molecule has 0 aliphatic rings. The molecule has 3 N–H and O–H groups in total. The molecule has 1 aromatic carbocycles. The van der Waals surface area contributed by atoms with Crippen molar-refractivity contribution >= 4 is 11.0 Å². The summed E-state index contributed by atoms with van der Waals surface area (Å²) >= 11 is 0. The second-order valence-corrected chi connectivity index (χ2v) is 5.14. The summed E-state index contributed by atoms with van der Waals surface area (Å²) in [6.07, 6.45) is 2.49. The standard InChI is InChI=1S/C14H18N6O/c1-9(15-6-5-13-16-8-20(2)19-13)10-3-4-11-12(7-10)18-14(21)17-11/h3-4,7-9,15H,5-6H2,1-2H3,(H2,17,18,21). The number of aryl methyl sites for hydroxylation is 1. The molecule has 0 aliphatic heterocycles. The number of aromatic amines is 2. The number of hydrogen-bond donors (Lipinski definition) is 3. The number of nitrogens with zero attached hydrogens (tertiary/aromatic N) is 3. The zero-order valence-corrected chi connectivity index (χ0v) is 12.1. The number of hydrogen-bond acceptors (Lipinski definition) is 4. The maximum Gasteiger partial charge on any atom is 0.323 e. The molecule has 0 bridgehead atoms. The third-order valence-electron chi connectivity index (χ3n) is 3.49. The van der Waals surface area contributed by atoms with Crippen molar-refractivity contribution in [3.63, 3.8) is 0 Å². The Morgan fingerprint density at radius 2 is 2.14 bits per heavy atom. The molecule has 0 amide bonds. The predicted molar refractivity (Wildman–Crippen MR) is 80.0 cm³/mol. The molecule has 0 saturated carbocycles. The molecule has 0 radical (unpaired) electrons. The second kappa shape index (κ2) is 5.53. The molecular weight excluding hydrogens is 268 g/mol. The summed E-state index contributed by atoms with van der Waals surface area (Å²) in [7, 11) is 1.86. The van der Waals surface area contributed by atoms with Gasteiger partial charge in [0, 0.05) is 26.1 Å². The van der Waals surface area contributed by atoms with Crippen LogP contribution in [0.4, 0.5) is 0 Å². The predicted octanol–water partition coefficient (Wildman–Crippen LogP) is 0.878. The van der Waals surface area contributed by atoms with Crippen LogP contribution < -0.4 is 11.0 Å². The molecule has 0 aliphatic carbocycles. The number of imidazole rings is 1. The van der Waals surface area contributed by atoms with Gasteiger partial charge in [0.1, 0.15) is 6.33 Å². The Hall–Kier alpha value is -2.41. The quantitative estimate of drug-likeness (QED) is 0.649. The minimum Gasteiger partial charge on any atom is -0.310 e. The van der Waals surface area contributed by atoms with Crippen LogP contribution in [-0.4, -0.2) is 31.3 Å². The number of nitrogens with one attached hydrogen (secondary N) is 3. The number of rotatable bonds is 5. The van der Waals surface area contributed by atoms with Crippen molar-refractivity contribution in [2.24, 2.45) is 7.05 Å². The van der Waals surface area contributed by atoms with Crippen LogP contribution in [0.15, 0.2) is 29.3 Å². The number of benzene rings is 1. The lowest BCUT2D eigenvalue weighted by Crippen LogP contribution is -2.21. The van der Waals surface area contributed by atoms with Crippen LogP contribution in [0.1, 0.15) is 24.4 Å². The van der Waals surface area contributed by atoms with Crippen molar-refractivity contribution in [2.45, 2.75) is 19.4 Å². The highest BCUT2D eigenvalue weighted by Gasteiger charge is 2.07. The molecular formula is C14H18N6O. The van der Waals surface area contributed by atoms with Crippen LogP contribution in [0, 0.1) is 0 Å². The molecule has 110 valence electrons. The van der Waals surface area contributed by atoms with Gasteiger partial charge in [-0.3, -0.25) is 4.68 Å². The zero-order valence-electron chi connectivity index (χ0n) is 12.1. The second-order valence-electron chi connectivity index (χ2n) is 5.14. The van der Waals surface area contributed by atoms with Gasteiger partial charge in [-0.2, -0.15) is 5.10 Å². The van der Waals surface area contributed by atoms with E-state index in [2.05, 4.69) is 32.3 Å². The van der Waals surface area contributed by atoms with Gasteiger partial charge in [0.25, 0.3) is 0 Å². The zero-order chi connectivity index (χ0) is 14.8. The lowest BCUT2D eigenvalue weighted by Gasteiger charge is -2.13. The van der Waals surface area contributed by atoms with Gasteiger partial charge in [-0.05, 0) is 24.6 Å². The fourth-order valence-corrected chi connectivity index (χ4v) is 2.34. The Kier molecular flexibility index (Phi) is 3.57. The Bertz CT molecular complexity index is 799. The van der Waals surface area contributed by atoms with Crippen LogP contribution in [0.25, 0.3) is 11.0 Å². The number of fused-ring (bicyclic) bond motifs is 1. The van der Waals surface area contributed by atoms with Crippen molar-refractivity contribution < 1.29 is 0 Å². The smallest absolute Gasteiger partial charge is 0.310 e. The summed E-state index contributed by atoms with van der Waals surface area (Å²) < 4.78 is 1.70. The van der Waals surface area contributed by atoms with Gasteiger partial charge in [-0.1, -0.05) is 6.07 Å². The van der Waals surface area contributed by atoms with Crippen LogP contribution >= 0.6 is 0 Å². The van der Waals surface area contributed by atoms with E-state index in [0.29, 0.717) is 0 Å². The molecule has 1 atom stereocenters. The van der Waals surface area contributed by atoms with E-state index in [9.17, 15) is 4.79 Å². The summed E-state index contributed by atoms with van der Waals surface area (Å²) in [6.45, 7) is 2.89. The Labute approximate surface area is 121 Å². The summed E-state index contributed by atoms with van der Waals surface area (Å²) in [5.74, 6) is 0.836. The number of aromatic nitrogens is 5. The first-order valence-corrected chi connectivity index (χ1v) is 6.91. The molecule has 0 fully saturated rings. The minimum atomic E-state index is -0.177. The van der Waals surface area contributed by atoms with Gasteiger partial charge in [0.05, 0.1) is 11.0 Å². The van der Waals surface area contributed by atoms with Gasteiger partial charge >= 0.3 is 5.69 Å². The first-order chi connectivity index (χ1) is 10.1. The first kappa shape index (κ1) is 13.6. The third kappa shape index (κ3) is 3.03. The fraction of sp³-hybridized carbons (Fsp3) is 0.357. The van der Waals surface area contributed by atoms with Gasteiger partial charge < -0.3 is 15.3 Å². The SMILES string of the molecule is CC(NCCc1ncn(C)n1)c1ccc2[nH]c(=O)[nH]c2c1. The van der Waals surface area contributed by atoms with Gasteiger partial charge in [0.2, 0.25) is 0 Å². The lowest BCUT2D eigenvalue weighted by molar-refractivity contribution is 0.569. The Balaban J connectivity index is 1.63. The first-order valence-electron chi connectivity index (χ1n) is 6.91. The van der Waals surface area contributed by atoms with Crippen LogP contribution in [0.3, 0.4) is 0 Å². The number of H-pyrrole nitrogens is 2. The summed E-state index contributed by atoms with van der Waals surface area (Å²) in [4.78, 5) is 21.0. The molecule has 7 nitrogen and oxygen atoms in total. The van der Waals surface area contributed by atoms with Crippen LogP contribution in [0.2, 0.25) is 0 Å². The molecule has 2 aromatic heterocycles. The average Bonchev–Trinajstić information content (AvgIpc) is 3.02. The van der Waals surface area contributed by atoms with Crippen LogP contribution in [0.5, 0.6) is 0 Å². The molecule has 7 heteroatoms. The normalized spacial score (nSPS) is 12.9. The highest BCUT2D eigenvalue weighted by Crippen LogP contribution is 2.16. The molecule has 21 heavy (non-hydrogen) atoms. The molecule has 3 aromatic rings. The van der Waals surface area contributed by atoms with Crippen molar-refractivity contribution in [3.8, 4) is 0 Å².